The number of hydrogen-bond acceptors (Lipinski definition) is 6. The number of imidazole rings is 1. The van der Waals surface area contributed by atoms with E-state index in [4.69, 9.17) is 0 Å². The molecule has 0 radical (unpaired) electrons. The number of nitro benzene ring substituents is 1. The van der Waals surface area contributed by atoms with Crippen LogP contribution in [-0.4, -0.2) is 57.6 Å². The monoisotopic (exact) mass is 411 g/mol. The molecule has 2 aromatic carbocycles. The van der Waals surface area contributed by atoms with Gasteiger partial charge in [-0.25, -0.2) is 4.98 Å². The average Bonchev–Trinajstić information content (AvgIpc) is 3.14. The van der Waals surface area contributed by atoms with Crippen LogP contribution in [0.5, 0.6) is 0 Å². The summed E-state index contributed by atoms with van der Waals surface area (Å²) in [4.78, 5) is 35.0. The van der Waals surface area contributed by atoms with Gasteiger partial charge in [0.2, 0.25) is 5.91 Å². The average molecular weight is 411 g/mol. The summed E-state index contributed by atoms with van der Waals surface area (Å²) in [5.74, 6) is 0.360. The Labute approximate surface area is 172 Å². The van der Waals surface area contributed by atoms with Crippen LogP contribution in [0, 0.1) is 17.0 Å². The normalized spacial score (nSPS) is 14.4. The van der Waals surface area contributed by atoms with Crippen LogP contribution >= 0.6 is 11.8 Å². The predicted molar refractivity (Wildman–Crippen MR) is 113 cm³/mol. The molecule has 2 heterocycles. The van der Waals surface area contributed by atoms with Crippen molar-refractivity contribution in [3.63, 3.8) is 0 Å². The Kier molecular flexibility index (Phi) is 5.39. The molecule has 150 valence electrons. The molecular formula is C20H21N5O3S. The number of hydrogen-bond donors (Lipinski definition) is 1. The Morgan fingerprint density at radius 3 is 2.72 bits per heavy atom. The third-order valence-electron chi connectivity index (χ3n) is 5.00. The van der Waals surface area contributed by atoms with Gasteiger partial charge in [-0.2, -0.15) is 0 Å². The maximum atomic E-state index is 12.6. The van der Waals surface area contributed by atoms with E-state index in [1.807, 2.05) is 34.9 Å². The second kappa shape index (κ2) is 8.12. The Morgan fingerprint density at radius 1 is 1.21 bits per heavy atom. The van der Waals surface area contributed by atoms with E-state index in [1.54, 1.807) is 18.2 Å². The number of anilines is 1. The van der Waals surface area contributed by atoms with Crippen molar-refractivity contribution in [1.29, 1.82) is 0 Å². The zero-order chi connectivity index (χ0) is 20.4. The number of carbonyl (C=O) groups is 1. The first kappa shape index (κ1) is 19.3. The molecule has 1 saturated heterocycles. The molecule has 8 nitrogen and oxygen atoms in total. The Hall–Kier alpha value is -3.07. The number of aryl methyl sites for hydroxylation is 1. The number of nitro groups is 1. The van der Waals surface area contributed by atoms with Crippen LogP contribution in [0.15, 0.2) is 47.6 Å². The van der Waals surface area contributed by atoms with Gasteiger partial charge < -0.3 is 14.8 Å². The summed E-state index contributed by atoms with van der Waals surface area (Å²) in [5.41, 5.74) is 3.73. The SMILES string of the molecule is Cc1ccc2nc(SCC(=O)N3CCN(c4ccccc4[N+](=O)[O-])CC3)[nH]c2c1. The number of H-pyrrole nitrogens is 1. The number of nitrogens with one attached hydrogen (secondary N) is 1. The lowest BCUT2D eigenvalue weighted by Crippen LogP contribution is -2.49. The van der Waals surface area contributed by atoms with Crippen molar-refractivity contribution >= 4 is 40.1 Å². The lowest BCUT2D eigenvalue weighted by molar-refractivity contribution is -0.384. The lowest BCUT2D eigenvalue weighted by Gasteiger charge is -2.35. The first-order valence-electron chi connectivity index (χ1n) is 9.36. The zero-order valence-corrected chi connectivity index (χ0v) is 16.8. The molecule has 4 rings (SSSR count). The van der Waals surface area contributed by atoms with Crippen molar-refractivity contribution in [3.8, 4) is 0 Å². The molecule has 0 spiro atoms. The fourth-order valence-corrected chi connectivity index (χ4v) is 4.26. The van der Waals surface area contributed by atoms with E-state index in [9.17, 15) is 14.9 Å². The summed E-state index contributed by atoms with van der Waals surface area (Å²) in [5, 5.41) is 12.0. The number of carbonyl (C=O) groups excluding carboxylic acids is 1. The summed E-state index contributed by atoms with van der Waals surface area (Å²) in [6.07, 6.45) is 0. The minimum absolute atomic E-state index is 0.0499. The van der Waals surface area contributed by atoms with Gasteiger partial charge in [-0.3, -0.25) is 14.9 Å². The van der Waals surface area contributed by atoms with Crippen LogP contribution in [0.3, 0.4) is 0 Å². The summed E-state index contributed by atoms with van der Waals surface area (Å²) < 4.78 is 0. The van der Waals surface area contributed by atoms with E-state index < -0.39 is 0 Å². The van der Waals surface area contributed by atoms with Gasteiger partial charge in [-0.1, -0.05) is 30.0 Å². The highest BCUT2D eigenvalue weighted by molar-refractivity contribution is 7.99. The highest BCUT2D eigenvalue weighted by Crippen LogP contribution is 2.28. The highest BCUT2D eigenvalue weighted by atomic mass is 32.2. The summed E-state index contributed by atoms with van der Waals surface area (Å²) >= 11 is 1.40. The summed E-state index contributed by atoms with van der Waals surface area (Å²) in [6, 6.07) is 12.8. The van der Waals surface area contributed by atoms with E-state index in [0.29, 0.717) is 37.6 Å². The number of piperazine rings is 1. The largest absolute Gasteiger partial charge is 0.362 e. The zero-order valence-electron chi connectivity index (χ0n) is 16.0. The predicted octanol–water partition coefficient (Wildman–Crippen LogP) is 3.22. The second-order valence-corrected chi connectivity index (χ2v) is 7.93. The number of benzene rings is 2. The van der Waals surface area contributed by atoms with Crippen LogP contribution in [0.2, 0.25) is 0 Å². The van der Waals surface area contributed by atoms with E-state index in [0.717, 1.165) is 21.8 Å². The smallest absolute Gasteiger partial charge is 0.292 e. The number of amides is 1. The molecule has 9 heteroatoms. The van der Waals surface area contributed by atoms with Crippen LogP contribution in [0.1, 0.15) is 5.56 Å². The molecule has 29 heavy (non-hydrogen) atoms. The van der Waals surface area contributed by atoms with Crippen molar-refractivity contribution in [1.82, 2.24) is 14.9 Å². The first-order chi connectivity index (χ1) is 14.0. The topological polar surface area (TPSA) is 95.4 Å². The molecule has 1 aliphatic heterocycles. The van der Waals surface area contributed by atoms with Gasteiger partial charge in [0.1, 0.15) is 5.69 Å². The molecular weight excluding hydrogens is 390 g/mol. The fraction of sp³-hybridized carbons (Fsp3) is 0.300. The molecule has 1 aromatic heterocycles. The number of rotatable bonds is 5. The minimum atomic E-state index is -0.363. The number of fused-ring (bicyclic) bond motifs is 1. The van der Waals surface area contributed by atoms with Gasteiger partial charge in [0.25, 0.3) is 5.69 Å². The fourth-order valence-electron chi connectivity index (χ4n) is 3.47. The molecule has 1 amide bonds. The Balaban J connectivity index is 1.33. The molecule has 0 unspecified atom stereocenters. The third-order valence-corrected chi connectivity index (χ3v) is 5.86. The van der Waals surface area contributed by atoms with Gasteiger partial charge in [0.15, 0.2) is 5.16 Å². The number of para-hydroxylation sites is 2. The van der Waals surface area contributed by atoms with Crippen LogP contribution < -0.4 is 4.90 Å². The van der Waals surface area contributed by atoms with E-state index in [2.05, 4.69) is 9.97 Å². The van der Waals surface area contributed by atoms with Crippen molar-refractivity contribution in [2.24, 2.45) is 0 Å². The maximum absolute atomic E-state index is 12.6. The molecule has 1 N–H and O–H groups in total. The minimum Gasteiger partial charge on any atom is -0.362 e. The van der Waals surface area contributed by atoms with Crippen LogP contribution in [0.4, 0.5) is 11.4 Å². The number of aromatic amines is 1. The van der Waals surface area contributed by atoms with E-state index in [-0.39, 0.29) is 16.5 Å². The van der Waals surface area contributed by atoms with Crippen molar-refractivity contribution in [2.75, 3.05) is 36.8 Å². The van der Waals surface area contributed by atoms with Gasteiger partial charge in [-0.05, 0) is 30.7 Å². The molecule has 1 aliphatic rings. The molecule has 0 aliphatic carbocycles. The summed E-state index contributed by atoms with van der Waals surface area (Å²) in [6.45, 7) is 4.27. The molecule has 0 bridgehead atoms. The molecule has 0 atom stereocenters. The van der Waals surface area contributed by atoms with Crippen molar-refractivity contribution in [3.05, 3.63) is 58.1 Å². The molecule has 1 fully saturated rings. The van der Waals surface area contributed by atoms with Crippen LogP contribution in [-0.2, 0) is 4.79 Å². The van der Waals surface area contributed by atoms with Crippen molar-refractivity contribution in [2.45, 2.75) is 12.1 Å². The number of nitrogens with zero attached hydrogens (tertiary/aromatic N) is 4. The quantitative estimate of drug-likeness (QED) is 0.393. The van der Waals surface area contributed by atoms with Gasteiger partial charge in [-0.15, -0.1) is 0 Å². The maximum Gasteiger partial charge on any atom is 0.292 e. The molecule has 0 saturated carbocycles. The molecule has 3 aromatic rings. The summed E-state index contributed by atoms with van der Waals surface area (Å²) in [7, 11) is 0. The Morgan fingerprint density at radius 2 is 1.97 bits per heavy atom. The van der Waals surface area contributed by atoms with E-state index >= 15 is 0 Å². The van der Waals surface area contributed by atoms with Crippen molar-refractivity contribution < 1.29 is 9.72 Å². The Bertz CT molecular complexity index is 1060. The lowest BCUT2D eigenvalue weighted by atomic mass is 10.2. The standard InChI is InChI=1S/C20H21N5O3S/c1-14-6-7-15-16(12-14)22-20(21-15)29-13-19(26)24-10-8-23(9-11-24)17-4-2-3-5-18(17)25(27)28/h2-7,12H,8-11,13H2,1H3,(H,21,22). The van der Waals surface area contributed by atoms with Gasteiger partial charge >= 0.3 is 0 Å². The van der Waals surface area contributed by atoms with Gasteiger partial charge in [0, 0.05) is 32.2 Å². The van der Waals surface area contributed by atoms with Crippen LogP contribution in [0.25, 0.3) is 11.0 Å². The third kappa shape index (κ3) is 4.19. The highest BCUT2D eigenvalue weighted by Gasteiger charge is 2.25. The first-order valence-corrected chi connectivity index (χ1v) is 10.3. The number of aromatic nitrogens is 2. The van der Waals surface area contributed by atoms with E-state index in [1.165, 1.54) is 17.8 Å². The van der Waals surface area contributed by atoms with Gasteiger partial charge in [0.05, 0.1) is 21.7 Å². The second-order valence-electron chi connectivity index (χ2n) is 6.96. The number of thioether (sulfide) groups is 1.